The number of rotatable bonds is 2. The minimum atomic E-state index is -0.0541. The van der Waals surface area contributed by atoms with E-state index in [4.69, 9.17) is 9.15 Å². The summed E-state index contributed by atoms with van der Waals surface area (Å²) in [6.07, 6.45) is 1.89. The molecule has 0 aliphatic heterocycles. The van der Waals surface area contributed by atoms with Crippen LogP contribution in [0.2, 0.25) is 0 Å². The molecule has 0 spiro atoms. The maximum atomic E-state index is 12.3. The van der Waals surface area contributed by atoms with E-state index in [9.17, 15) is 4.79 Å². The van der Waals surface area contributed by atoms with E-state index in [1.165, 1.54) is 6.07 Å². The summed E-state index contributed by atoms with van der Waals surface area (Å²) in [6, 6.07) is 16.5. The zero-order valence-corrected chi connectivity index (χ0v) is 11.9. The normalized spacial score (nSPS) is 11.1. The highest BCUT2D eigenvalue weighted by molar-refractivity contribution is 5.83. The van der Waals surface area contributed by atoms with Crippen molar-refractivity contribution < 1.29 is 9.15 Å². The minimum absolute atomic E-state index is 0.0541. The number of methoxy groups -OCH3 is 1. The molecule has 4 nitrogen and oxygen atoms in total. The molecule has 0 saturated heterocycles. The van der Waals surface area contributed by atoms with E-state index in [0.717, 1.165) is 16.7 Å². The van der Waals surface area contributed by atoms with E-state index in [1.807, 2.05) is 47.2 Å². The lowest BCUT2D eigenvalue weighted by Crippen LogP contribution is -2.03. The molecule has 0 atom stereocenters. The second kappa shape index (κ2) is 4.77. The molecule has 2 aromatic heterocycles. The molecule has 2 aromatic carbocycles. The molecule has 0 N–H and O–H groups in total. The van der Waals surface area contributed by atoms with Gasteiger partial charge in [0, 0.05) is 23.7 Å². The van der Waals surface area contributed by atoms with Crippen LogP contribution in [-0.4, -0.2) is 11.7 Å². The molecule has 0 fully saturated rings. The van der Waals surface area contributed by atoms with Crippen LogP contribution in [0.1, 0.15) is 0 Å². The molecular formula is C18H13NO3. The van der Waals surface area contributed by atoms with Gasteiger partial charge in [-0.15, -0.1) is 0 Å². The summed E-state index contributed by atoms with van der Waals surface area (Å²) < 4.78 is 13.0. The topological polar surface area (TPSA) is 44.4 Å². The summed E-state index contributed by atoms with van der Waals surface area (Å²) in [5, 5.41) is 1.64. The van der Waals surface area contributed by atoms with Gasteiger partial charge in [-0.25, -0.2) is 0 Å². The lowest BCUT2D eigenvalue weighted by molar-refractivity contribution is 0.415. The lowest BCUT2D eigenvalue weighted by atomic mass is 10.2. The molecule has 0 amide bonds. The Labute approximate surface area is 126 Å². The van der Waals surface area contributed by atoms with E-state index in [1.54, 1.807) is 19.2 Å². The van der Waals surface area contributed by atoms with Crippen LogP contribution in [0.5, 0.6) is 5.75 Å². The second-order valence-corrected chi connectivity index (χ2v) is 5.06. The number of aromatic nitrogens is 1. The number of ether oxygens (including phenoxy) is 1. The van der Waals surface area contributed by atoms with Gasteiger partial charge in [-0.3, -0.25) is 9.36 Å². The first-order valence-electron chi connectivity index (χ1n) is 6.94. The van der Waals surface area contributed by atoms with Crippen LogP contribution in [0.3, 0.4) is 0 Å². The van der Waals surface area contributed by atoms with Gasteiger partial charge in [0.15, 0.2) is 5.43 Å². The van der Waals surface area contributed by atoms with Crippen LogP contribution < -0.4 is 10.2 Å². The van der Waals surface area contributed by atoms with Gasteiger partial charge >= 0.3 is 0 Å². The largest absolute Gasteiger partial charge is 0.497 e. The Morgan fingerprint density at radius 3 is 2.77 bits per heavy atom. The summed E-state index contributed by atoms with van der Waals surface area (Å²) in [7, 11) is 1.63. The second-order valence-electron chi connectivity index (χ2n) is 5.06. The summed E-state index contributed by atoms with van der Waals surface area (Å²) in [5.74, 6) is 1.25. The molecule has 108 valence electrons. The average molecular weight is 291 g/mol. The van der Waals surface area contributed by atoms with E-state index < -0.39 is 0 Å². The van der Waals surface area contributed by atoms with Gasteiger partial charge in [0.05, 0.1) is 18.0 Å². The van der Waals surface area contributed by atoms with E-state index in [2.05, 4.69) is 0 Å². The Balaban J connectivity index is 2.00. The van der Waals surface area contributed by atoms with Gasteiger partial charge < -0.3 is 9.15 Å². The highest BCUT2D eigenvalue weighted by atomic mass is 16.5. The fourth-order valence-corrected chi connectivity index (χ4v) is 2.64. The molecule has 0 unspecified atom stereocenters. The Morgan fingerprint density at radius 2 is 1.91 bits per heavy atom. The standard InChI is InChI=1S/C18H13NO3/c1-21-13-7-6-12-8-9-19(15(12)10-13)18-11-16(20)14-4-2-3-5-17(14)22-18/h2-11H,1H3. The predicted molar refractivity (Wildman–Crippen MR) is 85.9 cm³/mol. The number of fused-ring (bicyclic) bond motifs is 2. The van der Waals surface area contributed by atoms with Crippen LogP contribution in [0, 0.1) is 0 Å². The monoisotopic (exact) mass is 291 g/mol. The molecule has 22 heavy (non-hydrogen) atoms. The van der Waals surface area contributed by atoms with E-state index in [-0.39, 0.29) is 5.43 Å². The van der Waals surface area contributed by atoms with E-state index in [0.29, 0.717) is 16.9 Å². The maximum absolute atomic E-state index is 12.3. The molecule has 0 aliphatic rings. The van der Waals surface area contributed by atoms with Crippen molar-refractivity contribution in [2.45, 2.75) is 0 Å². The van der Waals surface area contributed by atoms with Gasteiger partial charge in [-0.2, -0.15) is 0 Å². The Morgan fingerprint density at radius 1 is 1.05 bits per heavy atom. The lowest BCUT2D eigenvalue weighted by Gasteiger charge is -2.07. The van der Waals surface area contributed by atoms with Crippen molar-refractivity contribution in [2.24, 2.45) is 0 Å². The van der Waals surface area contributed by atoms with Crippen molar-refractivity contribution in [3.63, 3.8) is 0 Å². The number of para-hydroxylation sites is 1. The van der Waals surface area contributed by atoms with Crippen molar-refractivity contribution in [1.29, 1.82) is 0 Å². The van der Waals surface area contributed by atoms with Crippen molar-refractivity contribution in [1.82, 2.24) is 4.57 Å². The zero-order chi connectivity index (χ0) is 15.1. The van der Waals surface area contributed by atoms with E-state index >= 15 is 0 Å². The summed E-state index contributed by atoms with van der Waals surface area (Å²) >= 11 is 0. The van der Waals surface area contributed by atoms with Crippen molar-refractivity contribution in [3.05, 3.63) is 71.0 Å². The molecular weight excluding hydrogens is 278 g/mol. The van der Waals surface area contributed by atoms with Gasteiger partial charge in [-0.1, -0.05) is 12.1 Å². The predicted octanol–water partition coefficient (Wildman–Crippen LogP) is 3.75. The zero-order valence-electron chi connectivity index (χ0n) is 11.9. The molecule has 0 aliphatic carbocycles. The highest BCUT2D eigenvalue weighted by Crippen LogP contribution is 2.25. The van der Waals surface area contributed by atoms with Crippen LogP contribution in [-0.2, 0) is 0 Å². The van der Waals surface area contributed by atoms with Gasteiger partial charge in [0.2, 0.25) is 5.88 Å². The Hall–Kier alpha value is -3.01. The molecule has 0 radical (unpaired) electrons. The molecule has 4 heteroatoms. The molecule has 0 saturated carbocycles. The first-order valence-corrected chi connectivity index (χ1v) is 6.94. The third kappa shape index (κ3) is 1.89. The van der Waals surface area contributed by atoms with Gasteiger partial charge in [0.25, 0.3) is 0 Å². The Bertz CT molecular complexity index is 1040. The average Bonchev–Trinajstić information content (AvgIpc) is 2.97. The SMILES string of the molecule is COc1ccc2ccn(-c3cc(=O)c4ccccc4o3)c2c1. The number of benzene rings is 2. The maximum Gasteiger partial charge on any atom is 0.208 e. The summed E-state index contributed by atoms with van der Waals surface area (Å²) in [5.41, 5.74) is 1.45. The van der Waals surface area contributed by atoms with Crippen molar-refractivity contribution in [2.75, 3.05) is 7.11 Å². The van der Waals surface area contributed by atoms with Crippen molar-refractivity contribution in [3.8, 4) is 11.6 Å². The quantitative estimate of drug-likeness (QED) is 0.565. The molecule has 4 aromatic rings. The third-order valence-corrected chi connectivity index (χ3v) is 3.76. The van der Waals surface area contributed by atoms with Crippen LogP contribution >= 0.6 is 0 Å². The fraction of sp³-hybridized carbons (Fsp3) is 0.0556. The van der Waals surface area contributed by atoms with Crippen LogP contribution in [0.15, 0.2) is 70.0 Å². The Kier molecular flexibility index (Phi) is 2.76. The van der Waals surface area contributed by atoms with Gasteiger partial charge in [-0.05, 0) is 30.3 Å². The summed E-state index contributed by atoms with van der Waals surface area (Å²) in [4.78, 5) is 12.3. The molecule has 4 rings (SSSR count). The fourth-order valence-electron chi connectivity index (χ4n) is 2.64. The number of nitrogens with zero attached hydrogens (tertiary/aromatic N) is 1. The van der Waals surface area contributed by atoms with Crippen LogP contribution in [0.25, 0.3) is 27.8 Å². The molecule has 0 bridgehead atoms. The first-order chi connectivity index (χ1) is 10.8. The third-order valence-electron chi connectivity index (χ3n) is 3.76. The summed E-state index contributed by atoms with van der Waals surface area (Å²) in [6.45, 7) is 0. The minimum Gasteiger partial charge on any atom is -0.497 e. The number of hydrogen-bond donors (Lipinski definition) is 0. The highest BCUT2D eigenvalue weighted by Gasteiger charge is 2.09. The van der Waals surface area contributed by atoms with Crippen molar-refractivity contribution >= 4 is 21.9 Å². The van der Waals surface area contributed by atoms with Gasteiger partial charge in [0.1, 0.15) is 11.3 Å². The van der Waals surface area contributed by atoms with Crippen LogP contribution in [0.4, 0.5) is 0 Å². The molecule has 2 heterocycles. The number of hydrogen-bond acceptors (Lipinski definition) is 3. The smallest absolute Gasteiger partial charge is 0.208 e. The first kappa shape index (κ1) is 12.7.